The molecule has 2 nitrogen and oxygen atoms in total. The van der Waals surface area contributed by atoms with Crippen LogP contribution in [0.4, 0.5) is 0 Å². The van der Waals surface area contributed by atoms with E-state index in [9.17, 15) is 0 Å². The smallest absolute Gasteiger partial charge is 0.122 e. The first-order valence-corrected chi connectivity index (χ1v) is 7.63. The van der Waals surface area contributed by atoms with Crippen molar-refractivity contribution in [3.8, 4) is 5.75 Å². The number of benzene rings is 1. The zero-order chi connectivity index (χ0) is 11.5. The van der Waals surface area contributed by atoms with Crippen LogP contribution in [0.5, 0.6) is 5.75 Å². The highest BCUT2D eigenvalue weighted by Crippen LogP contribution is 2.26. The van der Waals surface area contributed by atoms with Crippen LogP contribution in [0.15, 0.2) is 18.2 Å². The predicted molar refractivity (Wildman–Crippen MR) is 73.1 cm³/mol. The Kier molecular flexibility index (Phi) is 3.57. The lowest BCUT2D eigenvalue weighted by Gasteiger charge is -2.11. The minimum atomic E-state index is 0.748. The first-order valence-electron chi connectivity index (χ1n) is 6.47. The molecule has 2 aliphatic heterocycles. The summed E-state index contributed by atoms with van der Waals surface area (Å²) in [5, 5.41) is 3.65. The van der Waals surface area contributed by atoms with E-state index in [0.29, 0.717) is 0 Å². The van der Waals surface area contributed by atoms with Crippen molar-refractivity contribution < 1.29 is 4.74 Å². The average Bonchev–Trinajstić information content (AvgIpc) is 2.98. The van der Waals surface area contributed by atoms with Gasteiger partial charge in [0.25, 0.3) is 0 Å². The molecule has 1 aromatic rings. The van der Waals surface area contributed by atoms with Crippen molar-refractivity contribution in [3.05, 3.63) is 29.3 Å². The van der Waals surface area contributed by atoms with Gasteiger partial charge in [-0.2, -0.15) is 11.8 Å². The largest absolute Gasteiger partial charge is 0.493 e. The summed E-state index contributed by atoms with van der Waals surface area (Å²) in [5.74, 6) is 3.71. The third-order valence-corrected chi connectivity index (χ3v) is 4.69. The van der Waals surface area contributed by atoms with Crippen LogP contribution in [0, 0.1) is 0 Å². The third-order valence-electron chi connectivity index (χ3n) is 3.53. The van der Waals surface area contributed by atoms with Crippen molar-refractivity contribution >= 4 is 11.8 Å². The normalized spacial score (nSPS) is 22.5. The molecule has 1 unspecified atom stereocenters. The maximum Gasteiger partial charge on any atom is 0.122 e. The lowest BCUT2D eigenvalue weighted by molar-refractivity contribution is 0.357. The van der Waals surface area contributed by atoms with Crippen molar-refractivity contribution in [2.75, 3.05) is 24.7 Å². The van der Waals surface area contributed by atoms with E-state index in [1.54, 1.807) is 0 Å². The molecule has 0 bridgehead atoms. The standard InChI is InChI=1S/C14H19NOS/c1-2-14-12(4-7-16-14)9-11(1)3-6-15-13-5-8-17-10-13/h1-2,9,13,15H,3-8,10H2. The number of hydrogen-bond acceptors (Lipinski definition) is 3. The van der Waals surface area contributed by atoms with E-state index in [1.165, 1.54) is 29.1 Å². The van der Waals surface area contributed by atoms with Gasteiger partial charge in [0.15, 0.2) is 0 Å². The molecule has 2 heterocycles. The molecular formula is C14H19NOS. The van der Waals surface area contributed by atoms with Gasteiger partial charge in [-0.3, -0.25) is 0 Å². The minimum absolute atomic E-state index is 0.748. The number of thioether (sulfide) groups is 1. The molecule has 1 saturated heterocycles. The van der Waals surface area contributed by atoms with E-state index in [2.05, 4.69) is 35.3 Å². The molecule has 0 aromatic heterocycles. The molecule has 0 spiro atoms. The molecule has 1 atom stereocenters. The van der Waals surface area contributed by atoms with Gasteiger partial charge in [-0.15, -0.1) is 0 Å². The van der Waals surface area contributed by atoms with Gasteiger partial charge in [-0.1, -0.05) is 12.1 Å². The zero-order valence-electron chi connectivity index (χ0n) is 10.1. The van der Waals surface area contributed by atoms with Gasteiger partial charge in [0.1, 0.15) is 5.75 Å². The predicted octanol–water partition coefficient (Wildman–Crippen LogP) is 2.26. The highest BCUT2D eigenvalue weighted by atomic mass is 32.2. The van der Waals surface area contributed by atoms with Crippen molar-refractivity contribution in [2.24, 2.45) is 0 Å². The molecule has 0 amide bonds. The lowest BCUT2D eigenvalue weighted by Crippen LogP contribution is -2.30. The van der Waals surface area contributed by atoms with E-state index in [0.717, 1.165) is 37.8 Å². The van der Waals surface area contributed by atoms with Gasteiger partial charge in [0.05, 0.1) is 6.61 Å². The monoisotopic (exact) mass is 249 g/mol. The number of nitrogens with one attached hydrogen (secondary N) is 1. The quantitative estimate of drug-likeness (QED) is 0.884. The van der Waals surface area contributed by atoms with Gasteiger partial charge in [-0.05, 0) is 42.3 Å². The molecular weight excluding hydrogens is 230 g/mol. The number of rotatable bonds is 4. The summed E-state index contributed by atoms with van der Waals surface area (Å²) in [6.07, 6.45) is 3.55. The summed E-state index contributed by atoms with van der Waals surface area (Å²) >= 11 is 2.07. The summed E-state index contributed by atoms with van der Waals surface area (Å²) in [6, 6.07) is 7.39. The van der Waals surface area contributed by atoms with Crippen molar-refractivity contribution in [1.82, 2.24) is 5.32 Å². The van der Waals surface area contributed by atoms with E-state index in [1.807, 2.05) is 0 Å². The number of fused-ring (bicyclic) bond motifs is 1. The summed E-state index contributed by atoms with van der Waals surface area (Å²) < 4.78 is 5.52. The SMILES string of the molecule is c1cc2c(cc1CCNC1CCSC1)CCO2. The van der Waals surface area contributed by atoms with Crippen molar-refractivity contribution in [1.29, 1.82) is 0 Å². The second kappa shape index (κ2) is 5.32. The molecule has 1 N–H and O–H groups in total. The van der Waals surface area contributed by atoms with Gasteiger partial charge in [0.2, 0.25) is 0 Å². The van der Waals surface area contributed by atoms with E-state index in [-0.39, 0.29) is 0 Å². The van der Waals surface area contributed by atoms with E-state index < -0.39 is 0 Å². The highest BCUT2D eigenvalue weighted by Gasteiger charge is 2.15. The van der Waals surface area contributed by atoms with Crippen LogP contribution in [0.2, 0.25) is 0 Å². The fourth-order valence-corrected chi connectivity index (χ4v) is 3.70. The summed E-state index contributed by atoms with van der Waals surface area (Å²) in [4.78, 5) is 0. The van der Waals surface area contributed by atoms with Crippen LogP contribution < -0.4 is 10.1 Å². The zero-order valence-corrected chi connectivity index (χ0v) is 10.9. The summed E-state index contributed by atoms with van der Waals surface area (Å²) in [6.45, 7) is 1.96. The van der Waals surface area contributed by atoms with Crippen molar-refractivity contribution in [2.45, 2.75) is 25.3 Å². The Morgan fingerprint density at radius 3 is 3.29 bits per heavy atom. The third kappa shape index (κ3) is 2.78. The summed E-state index contributed by atoms with van der Waals surface area (Å²) in [5.41, 5.74) is 2.83. The molecule has 3 heteroatoms. The first kappa shape index (κ1) is 11.4. The van der Waals surface area contributed by atoms with Crippen LogP contribution in [-0.2, 0) is 12.8 Å². The fourth-order valence-electron chi connectivity index (χ4n) is 2.51. The minimum Gasteiger partial charge on any atom is -0.493 e. The Morgan fingerprint density at radius 1 is 1.41 bits per heavy atom. The second-order valence-corrected chi connectivity index (χ2v) is 5.96. The van der Waals surface area contributed by atoms with Crippen LogP contribution in [0.25, 0.3) is 0 Å². The van der Waals surface area contributed by atoms with E-state index >= 15 is 0 Å². The molecule has 2 aliphatic rings. The number of hydrogen-bond donors (Lipinski definition) is 1. The fraction of sp³-hybridized carbons (Fsp3) is 0.571. The average molecular weight is 249 g/mol. The first-order chi connectivity index (χ1) is 8.42. The van der Waals surface area contributed by atoms with Gasteiger partial charge in [-0.25, -0.2) is 0 Å². The Bertz CT molecular complexity index is 388. The molecule has 3 rings (SSSR count). The molecule has 0 radical (unpaired) electrons. The Labute approximate surface area is 107 Å². The van der Waals surface area contributed by atoms with Gasteiger partial charge in [0, 0.05) is 18.2 Å². The Morgan fingerprint density at radius 2 is 2.41 bits per heavy atom. The van der Waals surface area contributed by atoms with Crippen LogP contribution in [-0.4, -0.2) is 30.7 Å². The lowest BCUT2D eigenvalue weighted by atomic mass is 10.1. The van der Waals surface area contributed by atoms with E-state index in [4.69, 9.17) is 4.74 Å². The maximum atomic E-state index is 5.52. The molecule has 1 fully saturated rings. The Balaban J connectivity index is 1.51. The van der Waals surface area contributed by atoms with Gasteiger partial charge < -0.3 is 10.1 Å². The Hall–Kier alpha value is -0.670. The van der Waals surface area contributed by atoms with Crippen LogP contribution in [0.3, 0.4) is 0 Å². The summed E-state index contributed by atoms with van der Waals surface area (Å²) in [7, 11) is 0. The molecule has 0 aliphatic carbocycles. The van der Waals surface area contributed by atoms with Crippen molar-refractivity contribution in [3.63, 3.8) is 0 Å². The molecule has 1 aromatic carbocycles. The van der Waals surface area contributed by atoms with Crippen LogP contribution in [0.1, 0.15) is 17.5 Å². The second-order valence-electron chi connectivity index (χ2n) is 4.81. The molecule has 17 heavy (non-hydrogen) atoms. The van der Waals surface area contributed by atoms with Gasteiger partial charge >= 0.3 is 0 Å². The maximum absolute atomic E-state index is 5.52. The topological polar surface area (TPSA) is 21.3 Å². The van der Waals surface area contributed by atoms with Crippen LogP contribution >= 0.6 is 11.8 Å². The highest BCUT2D eigenvalue weighted by molar-refractivity contribution is 7.99. The molecule has 92 valence electrons. The number of ether oxygens (including phenoxy) is 1. The molecule has 0 saturated carbocycles.